The van der Waals surface area contributed by atoms with Crippen LogP contribution in [0, 0.1) is 0 Å². The SMILES string of the molecule is CC(=O)O[C@@H]1CCCC[C@H]1OC(C)=O. The Balaban J connectivity index is 2.49. The zero-order valence-electron chi connectivity index (χ0n) is 8.62. The lowest BCUT2D eigenvalue weighted by molar-refractivity contribution is -0.168. The molecule has 0 spiro atoms. The third-order valence-corrected chi connectivity index (χ3v) is 2.28. The van der Waals surface area contributed by atoms with Crippen molar-refractivity contribution in [2.75, 3.05) is 0 Å². The van der Waals surface area contributed by atoms with Crippen LogP contribution in [0.5, 0.6) is 0 Å². The standard InChI is InChI=1S/C10H16O4/c1-7(11)13-9-5-3-4-6-10(9)14-8(2)12/h9-10H,3-6H2,1-2H3/t9-,10-/m1/s1. The van der Waals surface area contributed by atoms with E-state index in [0.29, 0.717) is 0 Å². The van der Waals surface area contributed by atoms with Crippen molar-refractivity contribution in [3.8, 4) is 0 Å². The normalized spacial score (nSPS) is 26.7. The number of hydrogen-bond donors (Lipinski definition) is 0. The van der Waals surface area contributed by atoms with Crippen LogP contribution in [0.1, 0.15) is 39.5 Å². The summed E-state index contributed by atoms with van der Waals surface area (Å²) in [6, 6.07) is 0. The highest BCUT2D eigenvalue weighted by molar-refractivity contribution is 5.67. The van der Waals surface area contributed by atoms with Gasteiger partial charge in [0, 0.05) is 13.8 Å². The van der Waals surface area contributed by atoms with Crippen LogP contribution in [0.3, 0.4) is 0 Å². The van der Waals surface area contributed by atoms with Crippen molar-refractivity contribution < 1.29 is 19.1 Å². The molecule has 4 heteroatoms. The number of esters is 2. The maximum Gasteiger partial charge on any atom is 0.303 e. The van der Waals surface area contributed by atoms with Crippen LogP contribution in [0.4, 0.5) is 0 Å². The Hall–Kier alpha value is -1.06. The van der Waals surface area contributed by atoms with Gasteiger partial charge in [0.2, 0.25) is 0 Å². The summed E-state index contributed by atoms with van der Waals surface area (Å²) in [5, 5.41) is 0. The summed E-state index contributed by atoms with van der Waals surface area (Å²) < 4.78 is 10.2. The monoisotopic (exact) mass is 200 g/mol. The molecule has 0 amide bonds. The van der Waals surface area contributed by atoms with Crippen LogP contribution < -0.4 is 0 Å². The van der Waals surface area contributed by atoms with E-state index in [-0.39, 0.29) is 24.1 Å². The molecule has 0 saturated heterocycles. The Labute approximate surface area is 83.6 Å². The van der Waals surface area contributed by atoms with Gasteiger partial charge in [0.05, 0.1) is 0 Å². The molecule has 0 heterocycles. The van der Waals surface area contributed by atoms with Crippen LogP contribution in [0.25, 0.3) is 0 Å². The Bertz CT molecular complexity index is 200. The summed E-state index contributed by atoms with van der Waals surface area (Å²) in [5.41, 5.74) is 0. The van der Waals surface area contributed by atoms with Crippen molar-refractivity contribution in [1.82, 2.24) is 0 Å². The van der Waals surface area contributed by atoms with Crippen LogP contribution >= 0.6 is 0 Å². The second kappa shape index (κ2) is 4.98. The summed E-state index contributed by atoms with van der Waals surface area (Å²) in [4.78, 5) is 21.6. The van der Waals surface area contributed by atoms with Crippen LogP contribution in [-0.4, -0.2) is 24.1 Å². The van der Waals surface area contributed by atoms with Crippen molar-refractivity contribution in [3.63, 3.8) is 0 Å². The minimum absolute atomic E-state index is 0.245. The van der Waals surface area contributed by atoms with Gasteiger partial charge in [-0.25, -0.2) is 0 Å². The molecular weight excluding hydrogens is 184 g/mol. The number of hydrogen-bond acceptors (Lipinski definition) is 4. The summed E-state index contributed by atoms with van der Waals surface area (Å²) in [5.74, 6) is -0.622. The van der Waals surface area contributed by atoms with Gasteiger partial charge in [0.25, 0.3) is 0 Å². The van der Waals surface area contributed by atoms with Crippen molar-refractivity contribution >= 4 is 11.9 Å². The Kier molecular flexibility index (Phi) is 3.92. The molecule has 1 fully saturated rings. The van der Waals surface area contributed by atoms with Gasteiger partial charge in [-0.3, -0.25) is 9.59 Å². The molecule has 0 aromatic heterocycles. The van der Waals surface area contributed by atoms with E-state index in [1.54, 1.807) is 0 Å². The molecule has 80 valence electrons. The van der Waals surface area contributed by atoms with E-state index in [4.69, 9.17) is 9.47 Å². The summed E-state index contributed by atoms with van der Waals surface area (Å²) in [6.07, 6.45) is 3.14. The van der Waals surface area contributed by atoms with Crippen LogP contribution in [0.15, 0.2) is 0 Å². The molecule has 0 unspecified atom stereocenters. The summed E-state index contributed by atoms with van der Waals surface area (Å²) in [6.45, 7) is 2.75. The summed E-state index contributed by atoms with van der Waals surface area (Å²) in [7, 11) is 0. The zero-order chi connectivity index (χ0) is 10.6. The second-order valence-corrected chi connectivity index (χ2v) is 3.58. The van der Waals surface area contributed by atoms with E-state index in [2.05, 4.69) is 0 Å². The highest BCUT2D eigenvalue weighted by atomic mass is 16.6. The molecule has 0 aliphatic heterocycles. The van der Waals surface area contributed by atoms with Crippen molar-refractivity contribution in [2.45, 2.75) is 51.7 Å². The van der Waals surface area contributed by atoms with E-state index in [1.165, 1.54) is 13.8 Å². The maximum absolute atomic E-state index is 10.8. The number of rotatable bonds is 2. The molecule has 1 aliphatic rings. The Morgan fingerprint density at radius 1 is 0.929 bits per heavy atom. The van der Waals surface area contributed by atoms with Gasteiger partial charge in [-0.15, -0.1) is 0 Å². The van der Waals surface area contributed by atoms with E-state index in [1.807, 2.05) is 0 Å². The van der Waals surface area contributed by atoms with Gasteiger partial charge >= 0.3 is 11.9 Å². The first-order chi connectivity index (χ1) is 6.59. The van der Waals surface area contributed by atoms with Crippen molar-refractivity contribution in [3.05, 3.63) is 0 Å². The molecule has 0 N–H and O–H groups in total. The minimum atomic E-state index is -0.311. The highest BCUT2D eigenvalue weighted by Crippen LogP contribution is 2.24. The van der Waals surface area contributed by atoms with E-state index >= 15 is 0 Å². The van der Waals surface area contributed by atoms with Gasteiger partial charge in [0.1, 0.15) is 12.2 Å². The summed E-state index contributed by atoms with van der Waals surface area (Å²) >= 11 is 0. The molecule has 0 radical (unpaired) electrons. The van der Waals surface area contributed by atoms with Gasteiger partial charge < -0.3 is 9.47 Å². The predicted molar refractivity (Wildman–Crippen MR) is 49.6 cm³/mol. The number of carbonyl (C=O) groups excluding carboxylic acids is 2. The zero-order valence-corrected chi connectivity index (χ0v) is 8.62. The first kappa shape index (κ1) is 11.0. The van der Waals surface area contributed by atoms with Gasteiger partial charge in [-0.1, -0.05) is 0 Å². The van der Waals surface area contributed by atoms with Crippen LogP contribution in [-0.2, 0) is 19.1 Å². The molecule has 1 saturated carbocycles. The number of ether oxygens (including phenoxy) is 2. The highest BCUT2D eigenvalue weighted by Gasteiger charge is 2.29. The largest absolute Gasteiger partial charge is 0.459 e. The van der Waals surface area contributed by atoms with Gasteiger partial charge in [0.15, 0.2) is 0 Å². The van der Waals surface area contributed by atoms with E-state index < -0.39 is 0 Å². The maximum atomic E-state index is 10.8. The molecule has 14 heavy (non-hydrogen) atoms. The van der Waals surface area contributed by atoms with E-state index in [0.717, 1.165) is 25.7 Å². The van der Waals surface area contributed by atoms with Crippen molar-refractivity contribution in [1.29, 1.82) is 0 Å². The average Bonchev–Trinajstić information content (AvgIpc) is 2.06. The minimum Gasteiger partial charge on any atom is -0.459 e. The topological polar surface area (TPSA) is 52.6 Å². The fraction of sp³-hybridized carbons (Fsp3) is 0.800. The first-order valence-electron chi connectivity index (χ1n) is 4.94. The number of carbonyl (C=O) groups is 2. The Morgan fingerprint density at radius 2 is 1.29 bits per heavy atom. The third kappa shape index (κ3) is 3.36. The quantitative estimate of drug-likeness (QED) is 0.633. The lowest BCUT2D eigenvalue weighted by Crippen LogP contribution is -2.36. The van der Waals surface area contributed by atoms with E-state index in [9.17, 15) is 9.59 Å². The Morgan fingerprint density at radius 3 is 1.57 bits per heavy atom. The van der Waals surface area contributed by atoms with Gasteiger partial charge in [-0.05, 0) is 25.7 Å². The molecule has 1 aliphatic carbocycles. The lowest BCUT2D eigenvalue weighted by Gasteiger charge is -2.29. The molecule has 0 bridgehead atoms. The smallest absolute Gasteiger partial charge is 0.303 e. The molecular formula is C10H16O4. The first-order valence-corrected chi connectivity index (χ1v) is 4.94. The lowest BCUT2D eigenvalue weighted by atomic mass is 9.94. The third-order valence-electron chi connectivity index (χ3n) is 2.28. The van der Waals surface area contributed by atoms with Gasteiger partial charge in [-0.2, -0.15) is 0 Å². The fourth-order valence-corrected chi connectivity index (χ4v) is 1.76. The van der Waals surface area contributed by atoms with Crippen molar-refractivity contribution in [2.24, 2.45) is 0 Å². The molecule has 2 atom stereocenters. The fourth-order valence-electron chi connectivity index (χ4n) is 1.76. The molecule has 4 nitrogen and oxygen atoms in total. The molecule has 0 aromatic rings. The molecule has 0 aromatic carbocycles. The molecule has 1 rings (SSSR count). The van der Waals surface area contributed by atoms with Crippen LogP contribution in [0.2, 0.25) is 0 Å². The average molecular weight is 200 g/mol. The predicted octanol–water partition coefficient (Wildman–Crippen LogP) is 1.42. The second-order valence-electron chi connectivity index (χ2n) is 3.58.